The first-order chi connectivity index (χ1) is 9.69. The van der Waals surface area contributed by atoms with Crippen LogP contribution in [0.3, 0.4) is 0 Å². The summed E-state index contributed by atoms with van der Waals surface area (Å²) in [4.78, 5) is 15.7. The molecule has 1 aromatic heterocycles. The molecule has 0 unspecified atom stereocenters. The molecule has 0 radical (unpaired) electrons. The summed E-state index contributed by atoms with van der Waals surface area (Å²) in [5.41, 5.74) is 0.418. The number of nitrogens with one attached hydrogen (secondary N) is 1. The first-order valence-corrected chi connectivity index (χ1v) is 6.77. The Bertz CT molecular complexity index is 570. The third-order valence-electron chi connectivity index (χ3n) is 2.43. The molecule has 1 amide bonds. The van der Waals surface area contributed by atoms with E-state index in [0.717, 1.165) is 4.47 Å². The summed E-state index contributed by atoms with van der Waals surface area (Å²) < 4.78 is 6.51. The van der Waals surface area contributed by atoms with Gasteiger partial charge in [0.05, 0.1) is 12.2 Å². The smallest absolute Gasteiger partial charge is 0.252 e. The molecule has 2 rings (SSSR count). The number of hydrogen-bond acceptors (Lipinski definition) is 4. The fourth-order valence-electron chi connectivity index (χ4n) is 1.47. The molecule has 0 bridgehead atoms. The van der Waals surface area contributed by atoms with Gasteiger partial charge in [0.2, 0.25) is 5.88 Å². The second kappa shape index (κ2) is 7.02. The Labute approximate surface area is 124 Å². The largest absolute Gasteiger partial charge is 0.439 e. The minimum Gasteiger partial charge on any atom is -0.439 e. The van der Waals surface area contributed by atoms with Crippen LogP contribution in [0.15, 0.2) is 47.1 Å². The topological polar surface area (TPSA) is 71.5 Å². The van der Waals surface area contributed by atoms with Crippen molar-refractivity contribution in [3.8, 4) is 11.6 Å². The predicted octanol–water partition coefficient (Wildman–Crippen LogP) is 2.36. The normalized spacial score (nSPS) is 10.1. The minimum absolute atomic E-state index is 0.0933. The lowest BCUT2D eigenvalue weighted by Crippen LogP contribution is -2.26. The zero-order chi connectivity index (χ0) is 14.4. The quantitative estimate of drug-likeness (QED) is 0.879. The molecule has 1 aromatic carbocycles. The van der Waals surface area contributed by atoms with Gasteiger partial charge in [-0.25, -0.2) is 4.98 Å². The van der Waals surface area contributed by atoms with Gasteiger partial charge >= 0.3 is 0 Å². The molecule has 0 aliphatic carbocycles. The van der Waals surface area contributed by atoms with Gasteiger partial charge in [-0.15, -0.1) is 0 Å². The maximum atomic E-state index is 11.6. The summed E-state index contributed by atoms with van der Waals surface area (Å²) in [6, 6.07) is 10.6. The third kappa shape index (κ3) is 4.04. The van der Waals surface area contributed by atoms with Crippen molar-refractivity contribution in [3.05, 3.63) is 52.6 Å². The lowest BCUT2D eigenvalue weighted by atomic mass is 10.2. The number of pyridine rings is 1. The summed E-state index contributed by atoms with van der Waals surface area (Å²) in [6.45, 7) is 0.125. The number of aliphatic hydroxyl groups is 1. The van der Waals surface area contributed by atoms with Gasteiger partial charge in [0.1, 0.15) is 5.75 Å². The maximum absolute atomic E-state index is 11.6. The van der Waals surface area contributed by atoms with Crippen molar-refractivity contribution >= 4 is 21.8 Å². The van der Waals surface area contributed by atoms with Crippen LogP contribution in [0.1, 0.15) is 10.4 Å². The lowest BCUT2D eigenvalue weighted by molar-refractivity contribution is 0.0944. The van der Waals surface area contributed by atoms with E-state index in [0.29, 0.717) is 17.2 Å². The Morgan fingerprint density at radius 1 is 1.25 bits per heavy atom. The average Bonchev–Trinajstić information content (AvgIpc) is 2.48. The van der Waals surface area contributed by atoms with Crippen LogP contribution in [-0.2, 0) is 0 Å². The Kier molecular flexibility index (Phi) is 5.09. The first kappa shape index (κ1) is 14.5. The van der Waals surface area contributed by atoms with Gasteiger partial charge in [-0.2, -0.15) is 0 Å². The number of nitrogens with zero attached hydrogens (tertiary/aromatic N) is 1. The molecule has 104 valence electrons. The number of aromatic nitrogens is 1. The SMILES string of the molecule is O=C(NCCO)c1ccc(Oc2ccc(Br)cc2)nc1. The Morgan fingerprint density at radius 3 is 2.60 bits per heavy atom. The zero-order valence-electron chi connectivity index (χ0n) is 10.5. The van der Waals surface area contributed by atoms with Crippen molar-refractivity contribution in [3.63, 3.8) is 0 Å². The van der Waals surface area contributed by atoms with E-state index in [1.165, 1.54) is 6.20 Å². The number of amides is 1. The van der Waals surface area contributed by atoms with Gasteiger partial charge in [-0.3, -0.25) is 4.79 Å². The number of aliphatic hydroxyl groups excluding tert-OH is 1. The van der Waals surface area contributed by atoms with Crippen LogP contribution in [0.4, 0.5) is 0 Å². The second-order valence-electron chi connectivity index (χ2n) is 3.92. The van der Waals surface area contributed by atoms with Gasteiger partial charge in [0, 0.05) is 23.3 Å². The Morgan fingerprint density at radius 2 is 2.00 bits per heavy atom. The van der Waals surface area contributed by atoms with E-state index >= 15 is 0 Å². The van der Waals surface area contributed by atoms with Crippen molar-refractivity contribution in [1.82, 2.24) is 10.3 Å². The average molecular weight is 337 g/mol. The molecule has 2 aromatic rings. The first-order valence-electron chi connectivity index (χ1n) is 5.97. The molecule has 5 nitrogen and oxygen atoms in total. The molecular formula is C14H13BrN2O3. The van der Waals surface area contributed by atoms with Crippen LogP contribution >= 0.6 is 15.9 Å². The van der Waals surface area contributed by atoms with Gasteiger partial charge < -0.3 is 15.2 Å². The molecule has 0 saturated carbocycles. The number of carbonyl (C=O) groups excluding carboxylic acids is 1. The number of hydrogen-bond donors (Lipinski definition) is 2. The van der Waals surface area contributed by atoms with Crippen LogP contribution in [-0.4, -0.2) is 29.1 Å². The molecule has 2 N–H and O–H groups in total. The Balaban J connectivity index is 2.01. The van der Waals surface area contributed by atoms with Gasteiger partial charge in [-0.05, 0) is 30.3 Å². The van der Waals surface area contributed by atoms with Crippen LogP contribution in [0.5, 0.6) is 11.6 Å². The Hall–Kier alpha value is -1.92. The summed E-state index contributed by atoms with van der Waals surface area (Å²) in [7, 11) is 0. The van der Waals surface area contributed by atoms with Crippen LogP contribution < -0.4 is 10.1 Å². The minimum atomic E-state index is -0.276. The maximum Gasteiger partial charge on any atom is 0.252 e. The van der Waals surface area contributed by atoms with Crippen LogP contribution in [0.25, 0.3) is 0 Å². The number of ether oxygens (including phenoxy) is 1. The fraction of sp³-hybridized carbons (Fsp3) is 0.143. The van der Waals surface area contributed by atoms with E-state index in [-0.39, 0.29) is 19.1 Å². The predicted molar refractivity (Wildman–Crippen MR) is 77.9 cm³/mol. The summed E-state index contributed by atoms with van der Waals surface area (Å²) in [5.74, 6) is 0.797. The molecule has 6 heteroatoms. The van der Waals surface area contributed by atoms with Crippen LogP contribution in [0.2, 0.25) is 0 Å². The van der Waals surface area contributed by atoms with Crippen molar-refractivity contribution in [2.45, 2.75) is 0 Å². The van der Waals surface area contributed by atoms with E-state index in [2.05, 4.69) is 26.2 Å². The zero-order valence-corrected chi connectivity index (χ0v) is 12.1. The highest BCUT2D eigenvalue weighted by atomic mass is 79.9. The summed E-state index contributed by atoms with van der Waals surface area (Å²) >= 11 is 3.34. The molecule has 0 aliphatic rings. The highest BCUT2D eigenvalue weighted by molar-refractivity contribution is 9.10. The van der Waals surface area contributed by atoms with E-state index < -0.39 is 0 Å². The number of benzene rings is 1. The van der Waals surface area contributed by atoms with Gasteiger partial charge in [-0.1, -0.05) is 15.9 Å². The summed E-state index contributed by atoms with van der Waals surface area (Å²) in [6.07, 6.45) is 1.43. The van der Waals surface area contributed by atoms with Crippen molar-refractivity contribution < 1.29 is 14.6 Å². The lowest BCUT2D eigenvalue weighted by Gasteiger charge is -2.06. The fourth-order valence-corrected chi connectivity index (χ4v) is 1.73. The molecule has 0 spiro atoms. The van der Waals surface area contributed by atoms with E-state index in [1.807, 2.05) is 24.3 Å². The second-order valence-corrected chi connectivity index (χ2v) is 4.84. The standard InChI is InChI=1S/C14H13BrN2O3/c15-11-2-4-12(5-3-11)20-13-6-1-10(9-17-13)14(19)16-7-8-18/h1-6,9,18H,7-8H2,(H,16,19). The van der Waals surface area contributed by atoms with Crippen molar-refractivity contribution in [1.29, 1.82) is 0 Å². The summed E-state index contributed by atoms with van der Waals surface area (Å²) in [5, 5.41) is 11.2. The molecule has 20 heavy (non-hydrogen) atoms. The molecular weight excluding hydrogens is 324 g/mol. The van der Waals surface area contributed by atoms with E-state index in [9.17, 15) is 4.79 Å². The van der Waals surface area contributed by atoms with E-state index in [1.54, 1.807) is 12.1 Å². The number of carbonyl (C=O) groups is 1. The molecule has 0 aliphatic heterocycles. The molecule has 1 heterocycles. The number of halogens is 1. The highest BCUT2D eigenvalue weighted by Crippen LogP contribution is 2.21. The van der Waals surface area contributed by atoms with Gasteiger partial charge in [0.15, 0.2) is 0 Å². The highest BCUT2D eigenvalue weighted by Gasteiger charge is 2.06. The van der Waals surface area contributed by atoms with Crippen molar-refractivity contribution in [2.75, 3.05) is 13.2 Å². The number of rotatable bonds is 5. The molecule has 0 atom stereocenters. The molecule has 0 saturated heterocycles. The van der Waals surface area contributed by atoms with Crippen molar-refractivity contribution in [2.24, 2.45) is 0 Å². The van der Waals surface area contributed by atoms with E-state index in [4.69, 9.17) is 9.84 Å². The van der Waals surface area contributed by atoms with Gasteiger partial charge in [0.25, 0.3) is 5.91 Å². The molecule has 0 fully saturated rings. The third-order valence-corrected chi connectivity index (χ3v) is 2.96. The van der Waals surface area contributed by atoms with Crippen LogP contribution in [0, 0.1) is 0 Å². The monoisotopic (exact) mass is 336 g/mol.